The normalized spacial score (nSPS) is 17.9. The first kappa shape index (κ1) is 9.37. The maximum absolute atomic E-state index is 4.34. The van der Waals surface area contributed by atoms with Crippen molar-refractivity contribution in [2.24, 2.45) is 5.92 Å². The van der Waals surface area contributed by atoms with Crippen molar-refractivity contribution in [3.63, 3.8) is 0 Å². The van der Waals surface area contributed by atoms with Crippen LogP contribution in [-0.2, 0) is 0 Å². The van der Waals surface area contributed by atoms with Crippen molar-refractivity contribution in [3.8, 4) is 0 Å². The van der Waals surface area contributed by atoms with E-state index in [2.05, 4.69) is 27.4 Å². The lowest BCUT2D eigenvalue weighted by molar-refractivity contribution is 0.680. The molecule has 0 aliphatic heterocycles. The highest BCUT2D eigenvalue weighted by atomic mass is 15.2. The molecule has 76 valence electrons. The Balaban J connectivity index is 2.04. The molecular formula is C10H16N4. The van der Waals surface area contributed by atoms with E-state index in [-0.39, 0.29) is 0 Å². The van der Waals surface area contributed by atoms with Crippen LogP contribution in [0.1, 0.15) is 31.2 Å². The third kappa shape index (κ3) is 2.00. The third-order valence-corrected chi connectivity index (χ3v) is 2.78. The van der Waals surface area contributed by atoms with Gasteiger partial charge in [0.15, 0.2) is 0 Å². The van der Waals surface area contributed by atoms with Gasteiger partial charge >= 0.3 is 0 Å². The first-order valence-electron chi connectivity index (χ1n) is 5.11. The fourth-order valence-electron chi connectivity index (χ4n) is 1.44. The number of hydrogen-bond acceptors (Lipinski definition) is 4. The Hall–Kier alpha value is -1.19. The topological polar surface area (TPSA) is 50.7 Å². The lowest BCUT2D eigenvalue weighted by atomic mass is 10.2. The van der Waals surface area contributed by atoms with Gasteiger partial charge in [0, 0.05) is 6.04 Å². The van der Waals surface area contributed by atoms with Gasteiger partial charge in [-0.2, -0.15) is 5.10 Å². The first-order valence-corrected chi connectivity index (χ1v) is 5.11. The summed E-state index contributed by atoms with van der Waals surface area (Å²) in [7, 11) is 0. The van der Waals surface area contributed by atoms with Crippen LogP contribution in [0.2, 0.25) is 0 Å². The van der Waals surface area contributed by atoms with E-state index in [1.807, 2.05) is 13.8 Å². The van der Waals surface area contributed by atoms with Crippen LogP contribution in [0.3, 0.4) is 0 Å². The van der Waals surface area contributed by atoms with Gasteiger partial charge in [0.05, 0.1) is 11.4 Å². The number of anilines is 1. The van der Waals surface area contributed by atoms with E-state index in [1.165, 1.54) is 12.8 Å². The number of hydrogen-bond donors (Lipinski definition) is 1. The fraction of sp³-hybridized carbons (Fsp3) is 0.700. The number of aromatic nitrogens is 3. The zero-order chi connectivity index (χ0) is 10.1. The molecule has 0 aromatic carbocycles. The van der Waals surface area contributed by atoms with Gasteiger partial charge in [-0.3, -0.25) is 0 Å². The third-order valence-electron chi connectivity index (χ3n) is 2.78. The minimum Gasteiger partial charge on any atom is -0.350 e. The summed E-state index contributed by atoms with van der Waals surface area (Å²) in [5.41, 5.74) is 1.85. The number of aryl methyl sites for hydroxylation is 2. The molecule has 0 spiro atoms. The van der Waals surface area contributed by atoms with E-state index in [0.717, 1.165) is 17.3 Å². The SMILES string of the molecule is Cc1nnc(NC(C)C2CC2)nc1C. The molecule has 0 saturated heterocycles. The van der Waals surface area contributed by atoms with Crippen molar-refractivity contribution in [2.45, 2.75) is 39.7 Å². The Kier molecular flexibility index (Phi) is 2.35. The van der Waals surface area contributed by atoms with E-state index < -0.39 is 0 Å². The summed E-state index contributed by atoms with van der Waals surface area (Å²) >= 11 is 0. The lowest BCUT2D eigenvalue weighted by Gasteiger charge is -2.12. The Morgan fingerprint density at radius 3 is 2.50 bits per heavy atom. The summed E-state index contributed by atoms with van der Waals surface area (Å²) in [6.07, 6.45) is 2.65. The predicted molar refractivity (Wildman–Crippen MR) is 55.1 cm³/mol. The van der Waals surface area contributed by atoms with Crippen LogP contribution in [0.5, 0.6) is 0 Å². The highest BCUT2D eigenvalue weighted by Crippen LogP contribution is 2.33. The molecule has 0 bridgehead atoms. The Morgan fingerprint density at radius 2 is 1.93 bits per heavy atom. The largest absolute Gasteiger partial charge is 0.350 e. The van der Waals surface area contributed by atoms with Gasteiger partial charge < -0.3 is 5.32 Å². The molecule has 14 heavy (non-hydrogen) atoms. The predicted octanol–water partition coefficient (Wildman–Crippen LogP) is 1.70. The average molecular weight is 192 g/mol. The van der Waals surface area contributed by atoms with Gasteiger partial charge in [-0.1, -0.05) is 0 Å². The number of nitrogens with one attached hydrogen (secondary N) is 1. The van der Waals surface area contributed by atoms with E-state index in [4.69, 9.17) is 0 Å². The zero-order valence-electron chi connectivity index (χ0n) is 8.91. The molecule has 1 unspecified atom stereocenters. The van der Waals surface area contributed by atoms with E-state index >= 15 is 0 Å². The van der Waals surface area contributed by atoms with Crippen LogP contribution in [0, 0.1) is 19.8 Å². The van der Waals surface area contributed by atoms with E-state index in [0.29, 0.717) is 12.0 Å². The molecule has 4 nitrogen and oxygen atoms in total. The monoisotopic (exact) mass is 192 g/mol. The summed E-state index contributed by atoms with van der Waals surface area (Å²) < 4.78 is 0. The van der Waals surface area contributed by atoms with Crippen LogP contribution in [0.25, 0.3) is 0 Å². The maximum Gasteiger partial charge on any atom is 0.243 e. The van der Waals surface area contributed by atoms with Crippen molar-refractivity contribution in [1.82, 2.24) is 15.2 Å². The number of nitrogens with zero attached hydrogens (tertiary/aromatic N) is 3. The van der Waals surface area contributed by atoms with Crippen LogP contribution in [0.4, 0.5) is 5.95 Å². The Bertz CT molecular complexity index is 333. The van der Waals surface area contributed by atoms with Crippen molar-refractivity contribution in [3.05, 3.63) is 11.4 Å². The Labute approximate surface area is 84.2 Å². The van der Waals surface area contributed by atoms with Crippen LogP contribution < -0.4 is 5.32 Å². The summed E-state index contributed by atoms with van der Waals surface area (Å²) in [6.45, 7) is 6.05. The maximum atomic E-state index is 4.34. The molecule has 1 aliphatic carbocycles. The van der Waals surface area contributed by atoms with Gasteiger partial charge in [-0.05, 0) is 39.5 Å². The highest BCUT2D eigenvalue weighted by molar-refractivity contribution is 5.26. The van der Waals surface area contributed by atoms with Crippen LogP contribution in [-0.4, -0.2) is 21.2 Å². The van der Waals surface area contributed by atoms with Crippen molar-refractivity contribution >= 4 is 5.95 Å². The molecular weight excluding hydrogens is 176 g/mol. The summed E-state index contributed by atoms with van der Waals surface area (Å²) in [4.78, 5) is 4.34. The van der Waals surface area contributed by atoms with E-state index in [9.17, 15) is 0 Å². The Morgan fingerprint density at radius 1 is 1.21 bits per heavy atom. The molecule has 1 aromatic heterocycles. The van der Waals surface area contributed by atoms with Crippen molar-refractivity contribution in [1.29, 1.82) is 0 Å². The van der Waals surface area contributed by atoms with Crippen molar-refractivity contribution in [2.75, 3.05) is 5.32 Å². The van der Waals surface area contributed by atoms with Gasteiger partial charge in [-0.25, -0.2) is 4.98 Å². The smallest absolute Gasteiger partial charge is 0.243 e. The molecule has 1 aliphatic rings. The van der Waals surface area contributed by atoms with Crippen LogP contribution in [0.15, 0.2) is 0 Å². The second-order valence-electron chi connectivity index (χ2n) is 4.08. The highest BCUT2D eigenvalue weighted by Gasteiger charge is 2.28. The average Bonchev–Trinajstić information content (AvgIpc) is 2.94. The first-order chi connectivity index (χ1) is 6.66. The van der Waals surface area contributed by atoms with Gasteiger partial charge in [-0.15, -0.1) is 5.10 Å². The quantitative estimate of drug-likeness (QED) is 0.792. The second kappa shape index (κ2) is 3.52. The minimum absolute atomic E-state index is 0.471. The van der Waals surface area contributed by atoms with Crippen LogP contribution >= 0.6 is 0 Å². The number of rotatable bonds is 3. The molecule has 0 radical (unpaired) electrons. The molecule has 1 N–H and O–H groups in total. The fourth-order valence-corrected chi connectivity index (χ4v) is 1.44. The summed E-state index contributed by atoms with van der Waals surface area (Å²) in [5, 5.41) is 11.3. The molecule has 1 saturated carbocycles. The van der Waals surface area contributed by atoms with Gasteiger partial charge in [0.25, 0.3) is 0 Å². The summed E-state index contributed by atoms with van der Waals surface area (Å²) in [5.74, 6) is 1.47. The van der Waals surface area contributed by atoms with E-state index in [1.54, 1.807) is 0 Å². The minimum atomic E-state index is 0.471. The van der Waals surface area contributed by atoms with Crippen molar-refractivity contribution < 1.29 is 0 Å². The molecule has 1 fully saturated rings. The van der Waals surface area contributed by atoms with Gasteiger partial charge in [0.2, 0.25) is 5.95 Å². The zero-order valence-corrected chi connectivity index (χ0v) is 8.91. The van der Waals surface area contributed by atoms with Gasteiger partial charge in [0.1, 0.15) is 0 Å². The lowest BCUT2D eigenvalue weighted by Crippen LogP contribution is -2.19. The summed E-state index contributed by atoms with van der Waals surface area (Å²) in [6, 6.07) is 0.471. The molecule has 1 heterocycles. The molecule has 1 aromatic rings. The molecule has 0 amide bonds. The molecule has 4 heteroatoms. The molecule has 2 rings (SSSR count). The standard InChI is InChI=1S/C10H16N4/c1-6-7(2)13-14-10(11-6)12-8(3)9-4-5-9/h8-9H,4-5H2,1-3H3,(H,11,12,14). The molecule has 1 atom stereocenters. The second-order valence-corrected chi connectivity index (χ2v) is 4.08.